The highest BCUT2D eigenvalue weighted by Crippen LogP contribution is 2.23. The minimum atomic E-state index is -0.212. The molecule has 0 aromatic carbocycles. The van der Waals surface area contributed by atoms with E-state index in [2.05, 4.69) is 41.0 Å². The van der Waals surface area contributed by atoms with Crippen LogP contribution < -0.4 is 11.1 Å². The van der Waals surface area contributed by atoms with E-state index in [1.807, 2.05) is 17.0 Å². The zero-order valence-electron chi connectivity index (χ0n) is 16.9. The normalized spacial score (nSPS) is 15.6. The van der Waals surface area contributed by atoms with Gasteiger partial charge in [0, 0.05) is 50.9 Å². The van der Waals surface area contributed by atoms with Crippen LogP contribution in [0.25, 0.3) is 0 Å². The lowest BCUT2D eigenvalue weighted by Gasteiger charge is -2.34. The van der Waals surface area contributed by atoms with Gasteiger partial charge in [0.2, 0.25) is 0 Å². The third-order valence-corrected chi connectivity index (χ3v) is 4.80. The number of hydrogen-bond acceptors (Lipinski definition) is 7. The number of nitrogens with two attached hydrogens (primary N) is 1. The fraction of sp³-hybridized carbons (Fsp3) is 0.550. The molecule has 0 saturated carbocycles. The first-order chi connectivity index (χ1) is 13.4. The maximum atomic E-state index is 13.1. The maximum Gasteiger partial charge on any atom is 0.259 e. The number of carbonyl (C=O) groups excluding carboxylic acids is 1. The molecule has 0 aliphatic carbocycles. The van der Waals surface area contributed by atoms with E-state index >= 15 is 0 Å². The number of aromatic nitrogens is 2. The second kappa shape index (κ2) is 8.70. The van der Waals surface area contributed by atoms with Gasteiger partial charge in [0.15, 0.2) is 0 Å². The van der Waals surface area contributed by atoms with Crippen molar-refractivity contribution >= 4 is 11.7 Å². The summed E-state index contributed by atoms with van der Waals surface area (Å²) in [6, 6.07) is 3.72. The average Bonchev–Trinajstić information content (AvgIpc) is 3.19. The van der Waals surface area contributed by atoms with Gasteiger partial charge in [0.1, 0.15) is 23.0 Å². The molecule has 2 aromatic rings. The van der Waals surface area contributed by atoms with Gasteiger partial charge < -0.3 is 20.4 Å². The number of carbonyl (C=O) groups is 1. The summed E-state index contributed by atoms with van der Waals surface area (Å²) in [7, 11) is 0. The standard InChI is InChI=1S/C20H30N6O2/c1-20(2,3)19-23-14-16(17(24-19)22-13-15-5-4-12-28-15)18(27)26-10-8-25(7-6-21)9-11-26/h4-5,12,14H,6-11,13,21H2,1-3H3,(H,22,23,24). The van der Waals surface area contributed by atoms with Crippen LogP contribution in [-0.2, 0) is 12.0 Å². The highest BCUT2D eigenvalue weighted by Gasteiger charge is 2.26. The molecule has 3 heterocycles. The van der Waals surface area contributed by atoms with Crippen molar-refractivity contribution in [2.75, 3.05) is 44.6 Å². The molecule has 8 nitrogen and oxygen atoms in total. The van der Waals surface area contributed by atoms with Crippen molar-refractivity contribution in [2.24, 2.45) is 5.73 Å². The van der Waals surface area contributed by atoms with Crippen LogP contribution in [0.1, 0.15) is 42.7 Å². The summed E-state index contributed by atoms with van der Waals surface area (Å²) in [5, 5.41) is 3.26. The smallest absolute Gasteiger partial charge is 0.259 e. The minimum Gasteiger partial charge on any atom is -0.467 e. The Morgan fingerprint density at radius 3 is 2.64 bits per heavy atom. The Kier molecular flexibility index (Phi) is 6.31. The summed E-state index contributed by atoms with van der Waals surface area (Å²) in [5.41, 5.74) is 5.91. The zero-order chi connectivity index (χ0) is 20.1. The molecule has 3 N–H and O–H groups in total. The van der Waals surface area contributed by atoms with Crippen LogP contribution in [0.3, 0.4) is 0 Å². The van der Waals surface area contributed by atoms with Crippen molar-refractivity contribution in [3.8, 4) is 0 Å². The lowest BCUT2D eigenvalue weighted by atomic mass is 9.95. The summed E-state index contributed by atoms with van der Waals surface area (Å²) in [6.45, 7) is 11.1. The molecule has 0 radical (unpaired) electrons. The number of amides is 1. The molecule has 1 amide bonds. The Morgan fingerprint density at radius 2 is 2.04 bits per heavy atom. The summed E-state index contributed by atoms with van der Waals surface area (Å²) < 4.78 is 5.39. The number of nitrogens with zero attached hydrogens (tertiary/aromatic N) is 4. The topological polar surface area (TPSA) is 101 Å². The highest BCUT2D eigenvalue weighted by molar-refractivity contribution is 5.98. The molecule has 2 aromatic heterocycles. The van der Waals surface area contributed by atoms with E-state index in [9.17, 15) is 4.79 Å². The number of piperazine rings is 1. The van der Waals surface area contributed by atoms with E-state index in [1.54, 1.807) is 12.5 Å². The predicted octanol–water partition coefficient (Wildman–Crippen LogP) is 1.70. The maximum absolute atomic E-state index is 13.1. The molecule has 1 saturated heterocycles. The van der Waals surface area contributed by atoms with Gasteiger partial charge in [-0.1, -0.05) is 20.8 Å². The van der Waals surface area contributed by atoms with Gasteiger partial charge >= 0.3 is 0 Å². The van der Waals surface area contributed by atoms with E-state index in [1.165, 1.54) is 0 Å². The van der Waals surface area contributed by atoms with E-state index in [0.717, 1.165) is 25.4 Å². The number of nitrogens with one attached hydrogen (secondary N) is 1. The van der Waals surface area contributed by atoms with Gasteiger partial charge in [-0.25, -0.2) is 9.97 Å². The van der Waals surface area contributed by atoms with Crippen LogP contribution in [0.4, 0.5) is 5.82 Å². The number of rotatable bonds is 6. The Morgan fingerprint density at radius 1 is 1.29 bits per heavy atom. The van der Waals surface area contributed by atoms with Crippen molar-refractivity contribution < 1.29 is 9.21 Å². The Hall–Kier alpha value is -2.45. The molecule has 1 aliphatic rings. The molecule has 8 heteroatoms. The number of furan rings is 1. The van der Waals surface area contributed by atoms with Gasteiger partial charge in [0.05, 0.1) is 12.8 Å². The number of anilines is 1. The van der Waals surface area contributed by atoms with Crippen LogP contribution in [0.15, 0.2) is 29.0 Å². The van der Waals surface area contributed by atoms with Crippen LogP contribution in [-0.4, -0.2) is 64.9 Å². The fourth-order valence-corrected chi connectivity index (χ4v) is 3.15. The van der Waals surface area contributed by atoms with E-state index in [-0.39, 0.29) is 11.3 Å². The highest BCUT2D eigenvalue weighted by atomic mass is 16.3. The van der Waals surface area contributed by atoms with E-state index in [0.29, 0.717) is 43.4 Å². The third-order valence-electron chi connectivity index (χ3n) is 4.80. The second-order valence-corrected chi connectivity index (χ2v) is 8.06. The molecule has 152 valence electrons. The molecule has 3 rings (SSSR count). The molecular formula is C20H30N6O2. The first kappa shape index (κ1) is 20.3. The molecule has 0 unspecified atom stereocenters. The fourth-order valence-electron chi connectivity index (χ4n) is 3.15. The van der Waals surface area contributed by atoms with Crippen LogP contribution in [0.5, 0.6) is 0 Å². The molecular weight excluding hydrogens is 356 g/mol. The van der Waals surface area contributed by atoms with E-state index in [4.69, 9.17) is 10.2 Å². The average molecular weight is 387 g/mol. The van der Waals surface area contributed by atoms with Crippen molar-refractivity contribution in [1.29, 1.82) is 0 Å². The molecule has 28 heavy (non-hydrogen) atoms. The summed E-state index contributed by atoms with van der Waals surface area (Å²) >= 11 is 0. The summed E-state index contributed by atoms with van der Waals surface area (Å²) in [5.74, 6) is 1.98. The largest absolute Gasteiger partial charge is 0.467 e. The van der Waals surface area contributed by atoms with Gasteiger partial charge in [0.25, 0.3) is 5.91 Å². The molecule has 0 atom stereocenters. The van der Waals surface area contributed by atoms with Crippen molar-refractivity contribution in [3.63, 3.8) is 0 Å². The summed E-state index contributed by atoms with van der Waals surface area (Å²) in [4.78, 5) is 26.4. The van der Waals surface area contributed by atoms with Crippen LogP contribution >= 0.6 is 0 Å². The van der Waals surface area contributed by atoms with Gasteiger partial charge in [-0.2, -0.15) is 0 Å². The summed E-state index contributed by atoms with van der Waals surface area (Å²) in [6.07, 6.45) is 3.27. The number of hydrogen-bond donors (Lipinski definition) is 2. The van der Waals surface area contributed by atoms with E-state index < -0.39 is 0 Å². The molecule has 0 bridgehead atoms. The quantitative estimate of drug-likeness (QED) is 0.779. The first-order valence-electron chi connectivity index (χ1n) is 9.74. The minimum absolute atomic E-state index is 0.0465. The Bertz CT molecular complexity index is 776. The molecule has 0 spiro atoms. The van der Waals surface area contributed by atoms with Crippen molar-refractivity contribution in [3.05, 3.63) is 41.7 Å². The lowest BCUT2D eigenvalue weighted by Crippen LogP contribution is -2.49. The SMILES string of the molecule is CC(C)(C)c1ncc(C(=O)N2CCN(CCN)CC2)c(NCc2ccco2)n1. The predicted molar refractivity (Wildman–Crippen MR) is 108 cm³/mol. The van der Waals surface area contributed by atoms with Gasteiger partial charge in [-0.3, -0.25) is 9.69 Å². The van der Waals surface area contributed by atoms with Crippen LogP contribution in [0, 0.1) is 0 Å². The first-order valence-corrected chi connectivity index (χ1v) is 9.74. The van der Waals surface area contributed by atoms with Crippen molar-refractivity contribution in [2.45, 2.75) is 32.7 Å². The Labute approximate surface area is 166 Å². The lowest BCUT2D eigenvalue weighted by molar-refractivity contribution is 0.0641. The zero-order valence-corrected chi connectivity index (χ0v) is 16.9. The van der Waals surface area contributed by atoms with Crippen LogP contribution in [0.2, 0.25) is 0 Å². The monoisotopic (exact) mass is 386 g/mol. The molecule has 1 fully saturated rings. The van der Waals surface area contributed by atoms with Gasteiger partial charge in [-0.05, 0) is 12.1 Å². The third kappa shape index (κ3) is 4.88. The van der Waals surface area contributed by atoms with Crippen molar-refractivity contribution in [1.82, 2.24) is 19.8 Å². The molecule has 1 aliphatic heterocycles. The second-order valence-electron chi connectivity index (χ2n) is 8.06. The Balaban J connectivity index is 1.79. The van der Waals surface area contributed by atoms with Gasteiger partial charge in [-0.15, -0.1) is 0 Å².